The van der Waals surface area contributed by atoms with E-state index in [1.54, 1.807) is 0 Å². The molecular formula is C15H26N4O. The Morgan fingerprint density at radius 2 is 2.15 bits per heavy atom. The smallest absolute Gasteiger partial charge is 0.317 e. The topological polar surface area (TPSA) is 61.0 Å². The highest BCUT2D eigenvalue weighted by Gasteiger charge is 2.22. The summed E-state index contributed by atoms with van der Waals surface area (Å²) in [6.45, 7) is 10.7. The molecule has 1 fully saturated rings. The van der Waals surface area contributed by atoms with Crippen molar-refractivity contribution in [2.24, 2.45) is 11.8 Å². The zero-order valence-electron chi connectivity index (χ0n) is 13.0. The number of likely N-dealkylation sites (tertiary alicyclic amines) is 1. The molecule has 20 heavy (non-hydrogen) atoms. The number of aromatic amines is 1. The van der Waals surface area contributed by atoms with Crippen molar-refractivity contribution in [3.8, 4) is 0 Å². The highest BCUT2D eigenvalue weighted by atomic mass is 16.2. The summed E-state index contributed by atoms with van der Waals surface area (Å²) in [5.41, 5.74) is 3.08. The van der Waals surface area contributed by atoms with E-state index in [1.807, 2.05) is 18.7 Å². The van der Waals surface area contributed by atoms with E-state index in [1.165, 1.54) is 6.42 Å². The number of aryl methyl sites for hydroxylation is 2. The van der Waals surface area contributed by atoms with Crippen molar-refractivity contribution in [3.05, 3.63) is 17.0 Å². The zero-order valence-corrected chi connectivity index (χ0v) is 13.0. The second kappa shape index (κ2) is 6.29. The molecule has 5 heteroatoms. The van der Waals surface area contributed by atoms with Crippen LogP contribution in [0.5, 0.6) is 0 Å². The minimum absolute atomic E-state index is 0.0472. The van der Waals surface area contributed by atoms with Crippen LogP contribution in [0.25, 0.3) is 0 Å². The first-order valence-corrected chi connectivity index (χ1v) is 7.50. The van der Waals surface area contributed by atoms with Gasteiger partial charge in [0.25, 0.3) is 0 Å². The maximum atomic E-state index is 12.3. The molecule has 0 unspecified atom stereocenters. The molecule has 5 nitrogen and oxygen atoms in total. The molecule has 2 N–H and O–H groups in total. The van der Waals surface area contributed by atoms with E-state index < -0.39 is 0 Å². The minimum Gasteiger partial charge on any atom is -0.334 e. The lowest BCUT2D eigenvalue weighted by molar-refractivity contribution is 0.193. The molecule has 0 aliphatic carbocycles. The first kappa shape index (κ1) is 14.9. The van der Waals surface area contributed by atoms with Gasteiger partial charge in [0.1, 0.15) is 0 Å². The molecule has 0 spiro atoms. The number of carbonyl (C=O) groups is 1. The predicted molar refractivity (Wildman–Crippen MR) is 79.4 cm³/mol. The number of H-pyrrole nitrogens is 1. The summed E-state index contributed by atoms with van der Waals surface area (Å²) in [6.07, 6.45) is 2.31. The molecule has 112 valence electrons. The van der Waals surface area contributed by atoms with Crippen molar-refractivity contribution < 1.29 is 4.79 Å². The maximum absolute atomic E-state index is 12.3. The largest absolute Gasteiger partial charge is 0.334 e. The van der Waals surface area contributed by atoms with Gasteiger partial charge in [-0.3, -0.25) is 5.10 Å². The van der Waals surface area contributed by atoms with Gasteiger partial charge in [0.05, 0.1) is 5.69 Å². The number of rotatable bonds is 2. The average Bonchev–Trinajstić information content (AvgIpc) is 2.59. The normalized spacial score (nSPS) is 23.5. The quantitative estimate of drug-likeness (QED) is 0.873. The van der Waals surface area contributed by atoms with Gasteiger partial charge in [0.2, 0.25) is 0 Å². The lowest BCUT2D eigenvalue weighted by Gasteiger charge is -2.23. The zero-order chi connectivity index (χ0) is 14.7. The molecule has 1 aromatic heterocycles. The number of amides is 2. The Bertz CT molecular complexity index is 449. The summed E-state index contributed by atoms with van der Waals surface area (Å²) >= 11 is 0. The van der Waals surface area contributed by atoms with Crippen LogP contribution in [0.1, 0.15) is 43.6 Å². The molecule has 0 aromatic carbocycles. The van der Waals surface area contributed by atoms with Gasteiger partial charge in [-0.15, -0.1) is 0 Å². The van der Waals surface area contributed by atoms with E-state index in [-0.39, 0.29) is 6.03 Å². The molecule has 2 amide bonds. The fraction of sp³-hybridized carbons (Fsp3) is 0.733. The van der Waals surface area contributed by atoms with Gasteiger partial charge in [-0.05, 0) is 38.5 Å². The number of aromatic nitrogens is 2. The Balaban J connectivity index is 1.91. The van der Waals surface area contributed by atoms with Crippen LogP contribution in [-0.2, 0) is 6.54 Å². The molecule has 1 saturated heterocycles. The molecule has 2 rings (SSSR count). The standard InChI is InChI=1S/C15H26N4O/c1-10-5-6-19(9-11(2)7-10)15(20)16-8-14-12(3)17-18-13(14)4/h10-11H,5-9H2,1-4H3,(H,16,20)(H,17,18)/t10-,11+/m0/s1. The SMILES string of the molecule is Cc1n[nH]c(C)c1CNC(=O)N1CC[C@H](C)C[C@@H](C)C1. The lowest BCUT2D eigenvalue weighted by atomic mass is 9.97. The Hall–Kier alpha value is -1.52. The Morgan fingerprint density at radius 1 is 1.40 bits per heavy atom. The Labute approximate surface area is 121 Å². The van der Waals surface area contributed by atoms with E-state index in [0.717, 1.165) is 36.5 Å². The minimum atomic E-state index is 0.0472. The Morgan fingerprint density at radius 3 is 2.80 bits per heavy atom. The van der Waals surface area contributed by atoms with Gasteiger partial charge in [-0.2, -0.15) is 5.10 Å². The van der Waals surface area contributed by atoms with E-state index in [4.69, 9.17) is 0 Å². The van der Waals surface area contributed by atoms with Crippen LogP contribution in [0.2, 0.25) is 0 Å². The van der Waals surface area contributed by atoms with Crippen LogP contribution in [-0.4, -0.2) is 34.2 Å². The Kier molecular flexibility index (Phi) is 4.68. The fourth-order valence-electron chi connectivity index (χ4n) is 3.02. The van der Waals surface area contributed by atoms with Gasteiger partial charge in [-0.25, -0.2) is 4.79 Å². The third-order valence-corrected chi connectivity index (χ3v) is 4.21. The monoisotopic (exact) mass is 278 g/mol. The van der Waals surface area contributed by atoms with Crippen LogP contribution in [0, 0.1) is 25.7 Å². The third-order valence-electron chi connectivity index (χ3n) is 4.21. The van der Waals surface area contributed by atoms with E-state index in [2.05, 4.69) is 29.4 Å². The fourth-order valence-corrected chi connectivity index (χ4v) is 3.02. The number of hydrogen-bond donors (Lipinski definition) is 2. The highest BCUT2D eigenvalue weighted by Crippen LogP contribution is 2.21. The van der Waals surface area contributed by atoms with Crippen molar-refractivity contribution in [2.45, 2.75) is 47.1 Å². The molecular weight excluding hydrogens is 252 g/mol. The highest BCUT2D eigenvalue weighted by molar-refractivity contribution is 5.74. The van der Waals surface area contributed by atoms with E-state index in [0.29, 0.717) is 18.4 Å². The van der Waals surface area contributed by atoms with Gasteiger partial charge >= 0.3 is 6.03 Å². The number of nitrogens with one attached hydrogen (secondary N) is 2. The molecule has 0 saturated carbocycles. The summed E-state index contributed by atoms with van der Waals surface area (Å²) in [7, 11) is 0. The number of nitrogens with zero attached hydrogens (tertiary/aromatic N) is 2. The molecule has 1 aliphatic heterocycles. The first-order valence-electron chi connectivity index (χ1n) is 7.50. The van der Waals surface area contributed by atoms with Crippen molar-refractivity contribution >= 4 is 6.03 Å². The van der Waals surface area contributed by atoms with Crippen LogP contribution in [0.3, 0.4) is 0 Å². The van der Waals surface area contributed by atoms with Crippen LogP contribution in [0.4, 0.5) is 4.79 Å². The van der Waals surface area contributed by atoms with Crippen molar-refractivity contribution in [1.29, 1.82) is 0 Å². The van der Waals surface area contributed by atoms with E-state index in [9.17, 15) is 4.79 Å². The third kappa shape index (κ3) is 3.52. The molecule has 1 aromatic rings. The number of urea groups is 1. The summed E-state index contributed by atoms with van der Waals surface area (Å²) in [6, 6.07) is 0.0472. The van der Waals surface area contributed by atoms with Crippen LogP contribution < -0.4 is 5.32 Å². The summed E-state index contributed by atoms with van der Waals surface area (Å²) < 4.78 is 0. The summed E-state index contributed by atoms with van der Waals surface area (Å²) in [5, 5.41) is 10.1. The molecule has 0 radical (unpaired) electrons. The predicted octanol–water partition coefficient (Wildman–Crippen LogP) is 2.60. The molecule has 1 aliphatic rings. The van der Waals surface area contributed by atoms with E-state index >= 15 is 0 Å². The first-order chi connectivity index (χ1) is 9.47. The van der Waals surface area contributed by atoms with Crippen LogP contribution in [0.15, 0.2) is 0 Å². The molecule has 2 heterocycles. The second-order valence-electron chi connectivity index (χ2n) is 6.25. The maximum Gasteiger partial charge on any atom is 0.317 e. The summed E-state index contributed by atoms with van der Waals surface area (Å²) in [4.78, 5) is 14.3. The van der Waals surface area contributed by atoms with Crippen molar-refractivity contribution in [1.82, 2.24) is 20.4 Å². The average molecular weight is 278 g/mol. The van der Waals surface area contributed by atoms with Gasteiger partial charge in [-0.1, -0.05) is 13.8 Å². The van der Waals surface area contributed by atoms with Gasteiger partial charge < -0.3 is 10.2 Å². The molecule has 0 bridgehead atoms. The number of carbonyl (C=O) groups excluding carboxylic acids is 1. The number of hydrogen-bond acceptors (Lipinski definition) is 2. The summed E-state index contributed by atoms with van der Waals surface area (Å²) in [5.74, 6) is 1.29. The lowest BCUT2D eigenvalue weighted by Crippen LogP contribution is -2.41. The van der Waals surface area contributed by atoms with Gasteiger partial charge in [0, 0.05) is 30.9 Å². The second-order valence-corrected chi connectivity index (χ2v) is 6.25. The van der Waals surface area contributed by atoms with Gasteiger partial charge in [0.15, 0.2) is 0 Å². The molecule has 2 atom stereocenters. The van der Waals surface area contributed by atoms with Crippen molar-refractivity contribution in [2.75, 3.05) is 13.1 Å². The van der Waals surface area contributed by atoms with Crippen molar-refractivity contribution in [3.63, 3.8) is 0 Å². The van der Waals surface area contributed by atoms with Crippen LogP contribution >= 0.6 is 0 Å².